The number of hydrogen-bond acceptors (Lipinski definition) is 3. The minimum atomic E-state index is -0.566. The highest BCUT2D eigenvalue weighted by molar-refractivity contribution is 5.87. The fourth-order valence-corrected chi connectivity index (χ4v) is 1.41. The third-order valence-electron chi connectivity index (χ3n) is 2.12. The SMILES string of the molecule is C=CCN1CC[C@H](NC(=O)OC)C1=O. The molecule has 5 nitrogen and oxygen atoms in total. The molecule has 1 saturated heterocycles. The first-order chi connectivity index (χ1) is 6.69. The standard InChI is InChI=1S/C9H14N2O3/c1-3-5-11-6-4-7(8(11)12)10-9(13)14-2/h3,7H,1,4-6H2,2H3,(H,10,13)/t7-/m0/s1. The van der Waals surface area contributed by atoms with Gasteiger partial charge in [0.1, 0.15) is 6.04 Å². The van der Waals surface area contributed by atoms with E-state index in [1.54, 1.807) is 11.0 Å². The predicted molar refractivity (Wildman–Crippen MR) is 50.7 cm³/mol. The van der Waals surface area contributed by atoms with Crippen LogP contribution in [0.1, 0.15) is 6.42 Å². The number of nitrogens with one attached hydrogen (secondary N) is 1. The zero-order valence-electron chi connectivity index (χ0n) is 8.16. The smallest absolute Gasteiger partial charge is 0.407 e. The highest BCUT2D eigenvalue weighted by Crippen LogP contribution is 2.10. The molecule has 0 aliphatic carbocycles. The summed E-state index contributed by atoms with van der Waals surface area (Å²) < 4.78 is 4.41. The van der Waals surface area contributed by atoms with E-state index in [2.05, 4.69) is 16.6 Å². The summed E-state index contributed by atoms with van der Waals surface area (Å²) in [6, 6.07) is -0.442. The van der Waals surface area contributed by atoms with Crippen molar-refractivity contribution in [1.82, 2.24) is 10.2 Å². The maximum atomic E-state index is 11.6. The van der Waals surface area contributed by atoms with Crippen LogP contribution in [0, 0.1) is 0 Å². The average molecular weight is 198 g/mol. The van der Waals surface area contributed by atoms with Crippen LogP contribution in [0.25, 0.3) is 0 Å². The Hall–Kier alpha value is -1.52. The summed E-state index contributed by atoms with van der Waals surface area (Å²) in [7, 11) is 1.27. The first kappa shape index (κ1) is 10.6. The van der Waals surface area contributed by atoms with Gasteiger partial charge in [-0.3, -0.25) is 4.79 Å². The largest absolute Gasteiger partial charge is 0.453 e. The molecule has 1 atom stereocenters. The zero-order valence-corrected chi connectivity index (χ0v) is 8.16. The monoisotopic (exact) mass is 198 g/mol. The highest BCUT2D eigenvalue weighted by Gasteiger charge is 2.31. The number of ether oxygens (including phenoxy) is 1. The molecular formula is C9H14N2O3. The van der Waals surface area contributed by atoms with E-state index >= 15 is 0 Å². The Morgan fingerprint density at radius 3 is 3.14 bits per heavy atom. The van der Waals surface area contributed by atoms with E-state index in [1.807, 2.05) is 0 Å². The number of likely N-dealkylation sites (tertiary alicyclic amines) is 1. The van der Waals surface area contributed by atoms with Crippen molar-refractivity contribution in [2.24, 2.45) is 0 Å². The molecule has 0 unspecified atom stereocenters. The second-order valence-electron chi connectivity index (χ2n) is 3.05. The van der Waals surface area contributed by atoms with Gasteiger partial charge in [-0.2, -0.15) is 0 Å². The van der Waals surface area contributed by atoms with Gasteiger partial charge in [-0.1, -0.05) is 6.08 Å². The van der Waals surface area contributed by atoms with Gasteiger partial charge in [0.05, 0.1) is 7.11 Å². The number of nitrogens with zero attached hydrogens (tertiary/aromatic N) is 1. The summed E-state index contributed by atoms with van der Waals surface area (Å²) in [5, 5.41) is 2.48. The highest BCUT2D eigenvalue weighted by atomic mass is 16.5. The summed E-state index contributed by atoms with van der Waals surface area (Å²) in [4.78, 5) is 24.1. The van der Waals surface area contributed by atoms with E-state index in [9.17, 15) is 9.59 Å². The van der Waals surface area contributed by atoms with Gasteiger partial charge in [-0.15, -0.1) is 6.58 Å². The number of carbonyl (C=O) groups is 2. The molecule has 0 aromatic carbocycles. The predicted octanol–water partition coefficient (Wildman–Crippen LogP) is 0.129. The first-order valence-corrected chi connectivity index (χ1v) is 4.43. The Bertz CT molecular complexity index is 252. The molecule has 1 heterocycles. The van der Waals surface area contributed by atoms with E-state index in [1.165, 1.54) is 7.11 Å². The van der Waals surface area contributed by atoms with Crippen LogP contribution in [0.5, 0.6) is 0 Å². The van der Waals surface area contributed by atoms with E-state index in [0.29, 0.717) is 19.5 Å². The summed E-state index contributed by atoms with van der Waals surface area (Å²) in [6.45, 7) is 4.73. The number of hydrogen-bond donors (Lipinski definition) is 1. The molecule has 0 saturated carbocycles. The second-order valence-corrected chi connectivity index (χ2v) is 3.05. The third kappa shape index (κ3) is 2.25. The van der Waals surface area contributed by atoms with Gasteiger partial charge in [-0.25, -0.2) is 4.79 Å². The van der Waals surface area contributed by atoms with E-state index in [0.717, 1.165) is 0 Å². The van der Waals surface area contributed by atoms with E-state index < -0.39 is 12.1 Å². The van der Waals surface area contributed by atoms with Gasteiger partial charge in [-0.05, 0) is 6.42 Å². The molecule has 78 valence electrons. The van der Waals surface area contributed by atoms with Crippen LogP contribution in [-0.2, 0) is 9.53 Å². The van der Waals surface area contributed by atoms with E-state index in [4.69, 9.17) is 0 Å². The van der Waals surface area contributed by atoms with Crippen LogP contribution in [0.4, 0.5) is 4.79 Å². The minimum Gasteiger partial charge on any atom is -0.453 e. The van der Waals surface area contributed by atoms with Crippen molar-refractivity contribution in [2.45, 2.75) is 12.5 Å². The summed E-state index contributed by atoms with van der Waals surface area (Å²) in [5.74, 6) is -0.0738. The van der Waals surface area contributed by atoms with Crippen LogP contribution in [0.2, 0.25) is 0 Å². The van der Waals surface area contributed by atoms with Crippen molar-refractivity contribution in [2.75, 3.05) is 20.2 Å². The van der Waals surface area contributed by atoms with Crippen LogP contribution in [0.3, 0.4) is 0 Å². The maximum absolute atomic E-state index is 11.6. The molecule has 1 N–H and O–H groups in total. The minimum absolute atomic E-state index is 0.0738. The maximum Gasteiger partial charge on any atom is 0.407 e. The van der Waals surface area contributed by atoms with Crippen LogP contribution >= 0.6 is 0 Å². The molecule has 0 aromatic rings. The molecule has 14 heavy (non-hydrogen) atoms. The molecule has 0 radical (unpaired) electrons. The number of amides is 2. The first-order valence-electron chi connectivity index (χ1n) is 4.43. The van der Waals surface area contributed by atoms with Crippen molar-refractivity contribution in [3.05, 3.63) is 12.7 Å². The Labute approximate surface area is 82.7 Å². The average Bonchev–Trinajstić information content (AvgIpc) is 2.50. The third-order valence-corrected chi connectivity index (χ3v) is 2.12. The number of carbonyl (C=O) groups excluding carboxylic acids is 2. The fraction of sp³-hybridized carbons (Fsp3) is 0.556. The topological polar surface area (TPSA) is 58.6 Å². The Morgan fingerprint density at radius 1 is 1.86 bits per heavy atom. The molecule has 1 aliphatic rings. The molecule has 0 spiro atoms. The van der Waals surface area contributed by atoms with Crippen LogP contribution in [0.15, 0.2) is 12.7 Å². The quantitative estimate of drug-likeness (QED) is 0.656. The van der Waals surface area contributed by atoms with Crippen molar-refractivity contribution >= 4 is 12.0 Å². The van der Waals surface area contributed by atoms with Gasteiger partial charge in [0, 0.05) is 13.1 Å². The molecule has 1 aliphatic heterocycles. The van der Waals surface area contributed by atoms with Gasteiger partial charge in [0.15, 0.2) is 0 Å². The molecule has 1 fully saturated rings. The van der Waals surface area contributed by atoms with E-state index in [-0.39, 0.29) is 5.91 Å². The van der Waals surface area contributed by atoms with Crippen LogP contribution < -0.4 is 5.32 Å². The lowest BCUT2D eigenvalue weighted by atomic mass is 10.2. The zero-order chi connectivity index (χ0) is 10.6. The molecule has 5 heteroatoms. The number of methoxy groups -OCH3 is 1. The molecular weight excluding hydrogens is 184 g/mol. The lowest BCUT2D eigenvalue weighted by Gasteiger charge is -2.14. The van der Waals surface area contributed by atoms with Crippen molar-refractivity contribution in [3.8, 4) is 0 Å². The Balaban J connectivity index is 2.47. The summed E-state index contributed by atoms with van der Waals surface area (Å²) in [6.07, 6.45) is 1.73. The summed E-state index contributed by atoms with van der Waals surface area (Å²) >= 11 is 0. The Morgan fingerprint density at radius 2 is 2.57 bits per heavy atom. The van der Waals surface area contributed by atoms with Crippen molar-refractivity contribution in [1.29, 1.82) is 0 Å². The Kier molecular flexibility index (Phi) is 3.50. The normalized spacial score (nSPS) is 20.8. The van der Waals surface area contributed by atoms with Gasteiger partial charge in [0.2, 0.25) is 5.91 Å². The van der Waals surface area contributed by atoms with Gasteiger partial charge >= 0.3 is 6.09 Å². The number of rotatable bonds is 3. The van der Waals surface area contributed by atoms with Crippen LogP contribution in [-0.4, -0.2) is 43.1 Å². The fourth-order valence-electron chi connectivity index (χ4n) is 1.41. The van der Waals surface area contributed by atoms with Gasteiger partial charge in [0.25, 0.3) is 0 Å². The molecule has 2 amide bonds. The van der Waals surface area contributed by atoms with Gasteiger partial charge < -0.3 is 15.0 Å². The van der Waals surface area contributed by atoms with Crippen molar-refractivity contribution in [3.63, 3.8) is 0 Å². The summed E-state index contributed by atoms with van der Waals surface area (Å²) in [5.41, 5.74) is 0. The lowest BCUT2D eigenvalue weighted by Crippen LogP contribution is -2.41. The second kappa shape index (κ2) is 4.64. The number of alkyl carbamates (subject to hydrolysis) is 1. The lowest BCUT2D eigenvalue weighted by molar-refractivity contribution is -0.128. The molecule has 0 aromatic heterocycles. The molecule has 1 rings (SSSR count). The van der Waals surface area contributed by atoms with Crippen molar-refractivity contribution < 1.29 is 14.3 Å². The molecule has 0 bridgehead atoms.